The lowest BCUT2D eigenvalue weighted by molar-refractivity contribution is -0.144. The highest BCUT2D eigenvalue weighted by molar-refractivity contribution is 5.85. The third-order valence-electron chi connectivity index (χ3n) is 5.42. The van der Waals surface area contributed by atoms with Crippen LogP contribution in [0, 0.1) is 5.92 Å². The van der Waals surface area contributed by atoms with E-state index in [-0.39, 0.29) is 42.7 Å². The molecule has 3 heterocycles. The first-order valence-corrected chi connectivity index (χ1v) is 9.36. The summed E-state index contributed by atoms with van der Waals surface area (Å²) in [4.78, 5) is 33.1. The molecule has 2 N–H and O–H groups in total. The van der Waals surface area contributed by atoms with Crippen molar-refractivity contribution in [2.45, 2.75) is 44.6 Å². The molecule has 0 aromatic carbocycles. The second-order valence-corrected chi connectivity index (χ2v) is 7.04. The summed E-state index contributed by atoms with van der Waals surface area (Å²) in [6.45, 7) is 2.89. The number of nitrogens with zero attached hydrogens (tertiary/aromatic N) is 3. The number of aryl methyl sites for hydroxylation is 1. The van der Waals surface area contributed by atoms with Gasteiger partial charge in [-0.3, -0.25) is 14.6 Å². The molecule has 2 fully saturated rings. The van der Waals surface area contributed by atoms with Crippen LogP contribution in [0.4, 0.5) is 0 Å². The first-order valence-electron chi connectivity index (χ1n) is 9.36. The summed E-state index contributed by atoms with van der Waals surface area (Å²) in [6.07, 6.45) is 6.18. The van der Waals surface area contributed by atoms with Crippen molar-refractivity contribution >= 4 is 36.6 Å². The third-order valence-corrected chi connectivity index (χ3v) is 5.42. The monoisotopic (exact) mass is 416 g/mol. The molecule has 152 valence electrons. The molecule has 8 heteroatoms. The smallest absolute Gasteiger partial charge is 0.222 e. The molecule has 6 nitrogen and oxygen atoms in total. The van der Waals surface area contributed by atoms with Crippen molar-refractivity contribution < 1.29 is 9.59 Å². The number of pyridine rings is 1. The molecule has 2 atom stereocenters. The van der Waals surface area contributed by atoms with Gasteiger partial charge in [-0.05, 0) is 50.3 Å². The highest BCUT2D eigenvalue weighted by Crippen LogP contribution is 2.31. The molecule has 0 radical (unpaired) electrons. The van der Waals surface area contributed by atoms with E-state index in [1.807, 2.05) is 28.0 Å². The molecular weight excluding hydrogens is 387 g/mol. The Hall–Kier alpha value is -1.37. The Balaban J connectivity index is 0.00000182. The molecule has 0 saturated carbocycles. The molecule has 2 amide bonds. The average Bonchev–Trinajstić information content (AvgIpc) is 2.66. The second kappa shape index (κ2) is 11.5. The number of fused-ring (bicyclic) bond motifs is 1. The zero-order valence-corrected chi connectivity index (χ0v) is 17.2. The normalized spacial score (nSPS) is 21.7. The van der Waals surface area contributed by atoms with Gasteiger partial charge >= 0.3 is 0 Å². The van der Waals surface area contributed by atoms with E-state index in [1.165, 1.54) is 0 Å². The quantitative estimate of drug-likeness (QED) is 0.769. The molecule has 1 aromatic heterocycles. The molecule has 27 heavy (non-hydrogen) atoms. The van der Waals surface area contributed by atoms with Crippen molar-refractivity contribution in [1.82, 2.24) is 14.8 Å². The zero-order valence-electron chi connectivity index (χ0n) is 15.6. The fourth-order valence-electron chi connectivity index (χ4n) is 4.07. The summed E-state index contributed by atoms with van der Waals surface area (Å²) in [5.41, 5.74) is 6.57. The maximum absolute atomic E-state index is 12.6. The summed E-state index contributed by atoms with van der Waals surface area (Å²) in [7, 11) is 0. The SMILES string of the molecule is Cl.Cl.NCCCN1C(=O)CC[C@H]2CN(C(=O)CCc3ccccn3)CC[C@H]21. The van der Waals surface area contributed by atoms with Crippen molar-refractivity contribution in [2.24, 2.45) is 11.7 Å². The Labute approximate surface area is 173 Å². The lowest BCUT2D eigenvalue weighted by Gasteiger charge is -2.47. The summed E-state index contributed by atoms with van der Waals surface area (Å²) in [5, 5.41) is 0. The first kappa shape index (κ1) is 23.7. The topological polar surface area (TPSA) is 79.5 Å². The van der Waals surface area contributed by atoms with E-state index in [1.54, 1.807) is 6.20 Å². The van der Waals surface area contributed by atoms with Crippen molar-refractivity contribution in [3.05, 3.63) is 30.1 Å². The number of piperidine rings is 2. The van der Waals surface area contributed by atoms with Gasteiger partial charge in [0.1, 0.15) is 0 Å². The summed E-state index contributed by atoms with van der Waals surface area (Å²) >= 11 is 0. The van der Waals surface area contributed by atoms with Crippen molar-refractivity contribution in [2.75, 3.05) is 26.2 Å². The Morgan fingerprint density at radius 1 is 1.26 bits per heavy atom. The molecule has 3 rings (SSSR count). The average molecular weight is 417 g/mol. The van der Waals surface area contributed by atoms with Crippen LogP contribution >= 0.6 is 24.8 Å². The van der Waals surface area contributed by atoms with Crippen LogP contribution in [0.2, 0.25) is 0 Å². The number of amides is 2. The van der Waals surface area contributed by atoms with E-state index in [4.69, 9.17) is 5.73 Å². The van der Waals surface area contributed by atoms with Crippen LogP contribution in [0.1, 0.15) is 37.8 Å². The van der Waals surface area contributed by atoms with E-state index in [9.17, 15) is 9.59 Å². The summed E-state index contributed by atoms with van der Waals surface area (Å²) < 4.78 is 0. The number of aromatic nitrogens is 1. The van der Waals surface area contributed by atoms with Crippen LogP contribution in [0.3, 0.4) is 0 Å². The summed E-state index contributed by atoms with van der Waals surface area (Å²) in [6, 6.07) is 6.08. The van der Waals surface area contributed by atoms with Crippen molar-refractivity contribution in [1.29, 1.82) is 0 Å². The van der Waals surface area contributed by atoms with Crippen LogP contribution in [0.15, 0.2) is 24.4 Å². The number of hydrogen-bond acceptors (Lipinski definition) is 4. The van der Waals surface area contributed by atoms with Crippen LogP contribution in [-0.2, 0) is 16.0 Å². The maximum Gasteiger partial charge on any atom is 0.222 e. The van der Waals surface area contributed by atoms with Gasteiger partial charge in [-0.25, -0.2) is 0 Å². The zero-order chi connectivity index (χ0) is 17.6. The van der Waals surface area contributed by atoms with Gasteiger partial charge in [0, 0.05) is 50.4 Å². The van der Waals surface area contributed by atoms with Gasteiger partial charge in [-0.15, -0.1) is 24.8 Å². The number of nitrogens with two attached hydrogens (primary N) is 1. The molecule has 2 aliphatic heterocycles. The molecule has 0 aliphatic carbocycles. The molecular formula is C19H30Cl2N4O2. The molecule has 2 aliphatic rings. The van der Waals surface area contributed by atoms with Crippen LogP contribution < -0.4 is 5.73 Å². The van der Waals surface area contributed by atoms with Gasteiger partial charge in [-0.2, -0.15) is 0 Å². The lowest BCUT2D eigenvalue weighted by Crippen LogP contribution is -2.57. The van der Waals surface area contributed by atoms with Gasteiger partial charge in [0.25, 0.3) is 0 Å². The van der Waals surface area contributed by atoms with Crippen LogP contribution in [-0.4, -0.2) is 58.8 Å². The van der Waals surface area contributed by atoms with Gasteiger partial charge < -0.3 is 15.5 Å². The lowest BCUT2D eigenvalue weighted by atomic mass is 9.83. The fraction of sp³-hybridized carbons (Fsp3) is 0.632. The standard InChI is InChI=1S/C19H28N4O2.2ClH/c20-10-3-12-23-17-9-13-22(14-15(17)5-7-19(23)25)18(24)8-6-16-4-1-2-11-21-16;;/h1-2,4,11,15,17H,3,5-10,12-14,20H2;2*1H/t15-,17+;;/m0../s1. The first-order chi connectivity index (χ1) is 12.2. The molecule has 1 aromatic rings. The Bertz CT molecular complexity index is 603. The summed E-state index contributed by atoms with van der Waals surface area (Å²) in [5.74, 6) is 0.863. The highest BCUT2D eigenvalue weighted by atomic mass is 35.5. The fourth-order valence-corrected chi connectivity index (χ4v) is 4.07. The number of halogens is 2. The third kappa shape index (κ3) is 6.06. The predicted octanol–water partition coefficient (Wildman–Crippen LogP) is 2.05. The van der Waals surface area contributed by atoms with Crippen molar-refractivity contribution in [3.8, 4) is 0 Å². The minimum absolute atomic E-state index is 0. The maximum atomic E-state index is 12.6. The van der Waals surface area contributed by atoms with Gasteiger partial charge in [0.15, 0.2) is 0 Å². The van der Waals surface area contributed by atoms with E-state index < -0.39 is 0 Å². The van der Waals surface area contributed by atoms with Crippen LogP contribution in [0.25, 0.3) is 0 Å². The molecule has 0 bridgehead atoms. The van der Waals surface area contributed by atoms with Gasteiger partial charge in [0.2, 0.25) is 11.8 Å². The number of rotatable bonds is 6. The molecule has 0 unspecified atom stereocenters. The number of carbonyl (C=O) groups excluding carboxylic acids is 2. The van der Waals surface area contributed by atoms with E-state index >= 15 is 0 Å². The largest absolute Gasteiger partial charge is 0.342 e. The molecule has 0 spiro atoms. The predicted molar refractivity (Wildman–Crippen MR) is 110 cm³/mol. The highest BCUT2D eigenvalue weighted by Gasteiger charge is 2.39. The minimum Gasteiger partial charge on any atom is -0.342 e. The van der Waals surface area contributed by atoms with E-state index in [0.717, 1.165) is 44.6 Å². The second-order valence-electron chi connectivity index (χ2n) is 7.04. The van der Waals surface area contributed by atoms with Crippen molar-refractivity contribution in [3.63, 3.8) is 0 Å². The molecule has 2 saturated heterocycles. The number of hydrogen-bond donors (Lipinski definition) is 1. The van der Waals surface area contributed by atoms with Crippen LogP contribution in [0.5, 0.6) is 0 Å². The minimum atomic E-state index is 0. The van der Waals surface area contributed by atoms with Gasteiger partial charge in [0.05, 0.1) is 0 Å². The number of carbonyl (C=O) groups is 2. The van der Waals surface area contributed by atoms with E-state index in [0.29, 0.717) is 31.7 Å². The Morgan fingerprint density at radius 2 is 2.07 bits per heavy atom. The Morgan fingerprint density at radius 3 is 2.78 bits per heavy atom. The number of likely N-dealkylation sites (tertiary alicyclic amines) is 2. The Kier molecular flexibility index (Phi) is 10.1. The van der Waals surface area contributed by atoms with E-state index in [2.05, 4.69) is 4.98 Å². The van der Waals surface area contributed by atoms with Gasteiger partial charge in [-0.1, -0.05) is 6.07 Å².